The van der Waals surface area contributed by atoms with Crippen LogP contribution in [0.4, 0.5) is 0 Å². The quantitative estimate of drug-likeness (QED) is 0.469. The Hall–Kier alpha value is -2.95. The average molecular weight is 402 g/mol. The zero-order valence-electron chi connectivity index (χ0n) is 16.2. The molecular formula is C25H23NO2S. The maximum Gasteiger partial charge on any atom is 0.241 e. The average Bonchev–Trinajstić information content (AvgIpc) is 2.74. The van der Waals surface area contributed by atoms with Crippen molar-refractivity contribution in [1.29, 1.82) is 0 Å². The minimum atomic E-state index is -3.65. The Morgan fingerprint density at radius 1 is 0.759 bits per heavy atom. The van der Waals surface area contributed by atoms with Crippen LogP contribution in [0.3, 0.4) is 0 Å². The fraction of sp³-hybridized carbons (Fsp3) is 0.120. The predicted molar refractivity (Wildman–Crippen MR) is 118 cm³/mol. The lowest BCUT2D eigenvalue weighted by atomic mass is 9.95. The van der Waals surface area contributed by atoms with Gasteiger partial charge in [0.1, 0.15) is 0 Å². The molecule has 0 saturated carbocycles. The second kappa shape index (κ2) is 8.19. The fourth-order valence-corrected chi connectivity index (χ4v) is 4.80. The Labute approximate surface area is 172 Å². The molecule has 0 heterocycles. The molecule has 1 atom stereocenters. The van der Waals surface area contributed by atoms with Crippen LogP contribution in [0, 0.1) is 6.92 Å². The number of rotatable bonds is 6. The van der Waals surface area contributed by atoms with E-state index < -0.39 is 10.0 Å². The third-order valence-electron chi connectivity index (χ3n) is 5.13. The summed E-state index contributed by atoms with van der Waals surface area (Å²) in [5.74, 6) is 0. The summed E-state index contributed by atoms with van der Waals surface area (Å²) in [5, 5.41) is 2.30. The first-order chi connectivity index (χ1) is 14.0. The molecule has 29 heavy (non-hydrogen) atoms. The predicted octanol–water partition coefficient (Wildman–Crippen LogP) is 5.41. The second-order valence-corrected chi connectivity index (χ2v) is 8.95. The van der Waals surface area contributed by atoms with E-state index in [2.05, 4.69) is 29.0 Å². The Morgan fingerprint density at radius 2 is 1.41 bits per heavy atom. The zero-order valence-corrected chi connectivity index (χ0v) is 17.1. The third kappa shape index (κ3) is 4.39. The molecule has 0 radical (unpaired) electrons. The van der Waals surface area contributed by atoms with E-state index in [4.69, 9.17) is 0 Å². The van der Waals surface area contributed by atoms with Crippen LogP contribution in [0.5, 0.6) is 0 Å². The Morgan fingerprint density at radius 3 is 2.17 bits per heavy atom. The lowest BCUT2D eigenvalue weighted by molar-refractivity contribution is 0.555. The Balaban J connectivity index is 1.72. The van der Waals surface area contributed by atoms with Crippen LogP contribution in [-0.4, -0.2) is 8.42 Å². The molecule has 0 spiro atoms. The molecule has 0 amide bonds. The van der Waals surface area contributed by atoms with Crippen LogP contribution in [0.2, 0.25) is 0 Å². The molecule has 0 aliphatic carbocycles. The number of fused-ring (bicyclic) bond motifs is 1. The second-order valence-electron chi connectivity index (χ2n) is 7.24. The van der Waals surface area contributed by atoms with E-state index in [-0.39, 0.29) is 10.9 Å². The lowest BCUT2D eigenvalue weighted by Crippen LogP contribution is -2.30. The minimum absolute atomic E-state index is 0.280. The van der Waals surface area contributed by atoms with Gasteiger partial charge in [0.05, 0.1) is 10.9 Å². The molecule has 3 nitrogen and oxygen atoms in total. The van der Waals surface area contributed by atoms with Gasteiger partial charge in [-0.05, 0) is 47.4 Å². The van der Waals surface area contributed by atoms with E-state index in [1.807, 2.05) is 67.6 Å². The number of nitrogens with one attached hydrogen (secondary N) is 1. The minimum Gasteiger partial charge on any atom is -0.207 e. The number of aryl methyl sites for hydroxylation is 1. The van der Waals surface area contributed by atoms with E-state index in [1.165, 1.54) is 0 Å². The van der Waals surface area contributed by atoms with Crippen molar-refractivity contribution in [1.82, 2.24) is 4.72 Å². The highest BCUT2D eigenvalue weighted by molar-refractivity contribution is 7.89. The van der Waals surface area contributed by atoms with Crippen molar-refractivity contribution in [2.45, 2.75) is 24.3 Å². The summed E-state index contributed by atoms with van der Waals surface area (Å²) in [7, 11) is -3.65. The highest BCUT2D eigenvalue weighted by Gasteiger charge is 2.22. The molecule has 1 unspecified atom stereocenters. The maximum atomic E-state index is 13.1. The van der Waals surface area contributed by atoms with Crippen molar-refractivity contribution >= 4 is 20.8 Å². The van der Waals surface area contributed by atoms with E-state index in [0.717, 1.165) is 27.5 Å². The SMILES string of the molecule is Cc1ccc(S(=O)(=O)NC(Cc2cccc3ccccc23)c2ccccc2)cc1. The first kappa shape index (κ1) is 19.4. The van der Waals surface area contributed by atoms with Crippen LogP contribution < -0.4 is 4.72 Å². The van der Waals surface area contributed by atoms with Gasteiger partial charge < -0.3 is 0 Å². The van der Waals surface area contributed by atoms with E-state index in [1.54, 1.807) is 12.1 Å². The lowest BCUT2D eigenvalue weighted by Gasteiger charge is -2.20. The van der Waals surface area contributed by atoms with E-state index in [9.17, 15) is 8.42 Å². The molecule has 0 fully saturated rings. The number of benzene rings is 4. The van der Waals surface area contributed by atoms with Crippen molar-refractivity contribution < 1.29 is 8.42 Å². The highest BCUT2D eigenvalue weighted by Crippen LogP contribution is 2.26. The molecule has 4 rings (SSSR count). The third-order valence-corrected chi connectivity index (χ3v) is 6.62. The van der Waals surface area contributed by atoms with Crippen LogP contribution in [0.25, 0.3) is 10.8 Å². The molecule has 0 aliphatic heterocycles. The summed E-state index contributed by atoms with van der Waals surface area (Å²) in [6.07, 6.45) is 0.566. The molecule has 4 aromatic rings. The monoisotopic (exact) mass is 401 g/mol. The maximum absolute atomic E-state index is 13.1. The smallest absolute Gasteiger partial charge is 0.207 e. The molecule has 1 N–H and O–H groups in total. The zero-order chi connectivity index (χ0) is 20.3. The van der Waals surface area contributed by atoms with Crippen molar-refractivity contribution in [2.75, 3.05) is 0 Å². The van der Waals surface area contributed by atoms with Gasteiger partial charge >= 0.3 is 0 Å². The Bertz CT molecular complexity index is 1210. The summed E-state index contributed by atoms with van der Waals surface area (Å²) < 4.78 is 29.1. The normalized spacial score (nSPS) is 12.7. The van der Waals surface area contributed by atoms with Crippen molar-refractivity contribution in [3.05, 3.63) is 114 Å². The van der Waals surface area contributed by atoms with Crippen molar-refractivity contribution in [3.63, 3.8) is 0 Å². The summed E-state index contributed by atoms with van der Waals surface area (Å²) in [6.45, 7) is 1.94. The van der Waals surface area contributed by atoms with Crippen LogP contribution >= 0.6 is 0 Å². The van der Waals surface area contributed by atoms with Gasteiger partial charge in [-0.2, -0.15) is 0 Å². The summed E-state index contributed by atoms with van der Waals surface area (Å²) in [5.41, 5.74) is 3.08. The van der Waals surface area contributed by atoms with Gasteiger partial charge in [-0.3, -0.25) is 0 Å². The molecule has 0 aliphatic rings. The van der Waals surface area contributed by atoms with Gasteiger partial charge in [0, 0.05) is 0 Å². The first-order valence-electron chi connectivity index (χ1n) is 9.63. The molecule has 0 saturated heterocycles. The summed E-state index contributed by atoms with van der Waals surface area (Å²) in [6, 6.07) is 30.7. The largest absolute Gasteiger partial charge is 0.241 e. The van der Waals surface area contributed by atoms with Crippen molar-refractivity contribution in [2.24, 2.45) is 0 Å². The summed E-state index contributed by atoms with van der Waals surface area (Å²) in [4.78, 5) is 0.280. The first-order valence-corrected chi connectivity index (χ1v) is 11.1. The number of hydrogen-bond acceptors (Lipinski definition) is 2. The topological polar surface area (TPSA) is 46.2 Å². The van der Waals surface area contributed by atoms with Gasteiger partial charge in [0.15, 0.2) is 0 Å². The molecular weight excluding hydrogens is 378 g/mol. The van der Waals surface area contributed by atoms with Crippen LogP contribution in [-0.2, 0) is 16.4 Å². The van der Waals surface area contributed by atoms with Crippen molar-refractivity contribution in [3.8, 4) is 0 Å². The summed E-state index contributed by atoms with van der Waals surface area (Å²) >= 11 is 0. The van der Waals surface area contributed by atoms with Gasteiger partial charge in [-0.1, -0.05) is 90.5 Å². The van der Waals surface area contributed by atoms with E-state index in [0.29, 0.717) is 6.42 Å². The van der Waals surface area contributed by atoms with Gasteiger partial charge in [0.2, 0.25) is 10.0 Å². The number of sulfonamides is 1. The van der Waals surface area contributed by atoms with Crippen LogP contribution in [0.15, 0.2) is 102 Å². The van der Waals surface area contributed by atoms with Crippen LogP contribution in [0.1, 0.15) is 22.7 Å². The molecule has 146 valence electrons. The molecule has 4 aromatic carbocycles. The fourth-order valence-electron chi connectivity index (χ4n) is 3.58. The highest BCUT2D eigenvalue weighted by atomic mass is 32.2. The van der Waals surface area contributed by atoms with E-state index >= 15 is 0 Å². The van der Waals surface area contributed by atoms with Gasteiger partial charge in [-0.25, -0.2) is 13.1 Å². The Kier molecular flexibility index (Phi) is 5.47. The standard InChI is InChI=1S/C25H23NO2S/c1-19-14-16-23(17-15-19)29(27,28)26-25(21-9-3-2-4-10-21)18-22-12-7-11-20-8-5-6-13-24(20)22/h2-17,25-26H,18H2,1H3. The molecule has 0 aromatic heterocycles. The molecule has 4 heteroatoms. The van der Waals surface area contributed by atoms with Gasteiger partial charge in [0.25, 0.3) is 0 Å². The number of hydrogen-bond donors (Lipinski definition) is 1. The molecule has 0 bridgehead atoms. The van der Waals surface area contributed by atoms with Gasteiger partial charge in [-0.15, -0.1) is 0 Å².